The molecule has 3 rings (SSSR count). The molecular formula is C21H30N2O. The molecular weight excluding hydrogens is 296 g/mol. The lowest BCUT2D eigenvalue weighted by Crippen LogP contribution is -2.01. The summed E-state index contributed by atoms with van der Waals surface area (Å²) in [4.78, 5) is 3.27. The van der Waals surface area contributed by atoms with Crippen LogP contribution in [0, 0.1) is 0 Å². The van der Waals surface area contributed by atoms with Gasteiger partial charge in [-0.05, 0) is 48.7 Å². The van der Waals surface area contributed by atoms with Gasteiger partial charge < -0.3 is 15.8 Å². The van der Waals surface area contributed by atoms with Crippen LogP contribution in [0.2, 0.25) is 0 Å². The zero-order chi connectivity index (χ0) is 17.8. The van der Waals surface area contributed by atoms with E-state index in [9.17, 15) is 0 Å². The van der Waals surface area contributed by atoms with Gasteiger partial charge in [0.05, 0.1) is 0 Å². The Morgan fingerprint density at radius 3 is 2.25 bits per heavy atom. The first-order chi connectivity index (χ1) is 11.7. The summed E-state index contributed by atoms with van der Waals surface area (Å²) < 4.78 is 0. The molecule has 4 N–H and O–H groups in total. The van der Waals surface area contributed by atoms with Crippen molar-refractivity contribution in [2.24, 2.45) is 5.73 Å². The van der Waals surface area contributed by atoms with Crippen molar-refractivity contribution in [2.75, 3.05) is 6.54 Å². The van der Waals surface area contributed by atoms with E-state index in [1.165, 1.54) is 34.9 Å². The lowest BCUT2D eigenvalue weighted by atomic mass is 10.1. The van der Waals surface area contributed by atoms with E-state index >= 15 is 0 Å². The number of aryl methyl sites for hydroxylation is 1. The molecule has 0 aliphatic rings. The lowest BCUT2D eigenvalue weighted by Gasteiger charge is -1.96. The quantitative estimate of drug-likeness (QED) is 0.629. The number of aromatic hydroxyl groups is 1. The summed E-state index contributed by atoms with van der Waals surface area (Å²) in [7, 11) is 0. The molecule has 0 spiro atoms. The summed E-state index contributed by atoms with van der Waals surface area (Å²) in [6.07, 6.45) is 5.38. The number of rotatable bonds is 4. The van der Waals surface area contributed by atoms with Crippen LogP contribution >= 0.6 is 0 Å². The second-order valence-electron chi connectivity index (χ2n) is 5.31. The molecule has 0 atom stereocenters. The number of phenolic OH excluding ortho intramolecular Hbond substituents is 1. The van der Waals surface area contributed by atoms with Crippen LogP contribution in [-0.2, 0) is 12.8 Å². The summed E-state index contributed by atoms with van der Waals surface area (Å²) in [6, 6.07) is 15.6. The fourth-order valence-electron chi connectivity index (χ4n) is 2.44. The molecule has 0 saturated carbocycles. The highest BCUT2D eigenvalue weighted by molar-refractivity contribution is 5.82. The van der Waals surface area contributed by atoms with Crippen LogP contribution in [0.5, 0.6) is 5.75 Å². The third-order valence-corrected chi connectivity index (χ3v) is 3.56. The fraction of sp³-hybridized carbons (Fsp3) is 0.333. The molecule has 1 heterocycles. The van der Waals surface area contributed by atoms with Gasteiger partial charge in [0.1, 0.15) is 5.75 Å². The van der Waals surface area contributed by atoms with Gasteiger partial charge in [0, 0.05) is 17.1 Å². The topological polar surface area (TPSA) is 62.0 Å². The van der Waals surface area contributed by atoms with Crippen LogP contribution < -0.4 is 5.73 Å². The van der Waals surface area contributed by atoms with Crippen LogP contribution in [0.3, 0.4) is 0 Å². The molecule has 0 unspecified atom stereocenters. The van der Waals surface area contributed by atoms with Gasteiger partial charge >= 0.3 is 0 Å². The molecule has 3 nitrogen and oxygen atoms in total. The maximum absolute atomic E-state index is 8.89. The number of hydrogen-bond donors (Lipinski definition) is 3. The Hall–Kier alpha value is -2.26. The first-order valence-electron chi connectivity index (χ1n) is 8.77. The van der Waals surface area contributed by atoms with Gasteiger partial charge in [-0.3, -0.25) is 0 Å². The van der Waals surface area contributed by atoms with E-state index in [1.54, 1.807) is 12.1 Å². The van der Waals surface area contributed by atoms with E-state index in [1.807, 2.05) is 26.0 Å². The predicted octanol–water partition coefficient (Wildman–Crippen LogP) is 5.04. The number of H-pyrrole nitrogens is 1. The Morgan fingerprint density at radius 2 is 1.62 bits per heavy atom. The highest BCUT2D eigenvalue weighted by Gasteiger charge is 1.99. The molecule has 0 amide bonds. The van der Waals surface area contributed by atoms with Crippen molar-refractivity contribution in [3.63, 3.8) is 0 Å². The minimum absolute atomic E-state index is 0.306. The van der Waals surface area contributed by atoms with Gasteiger partial charge in [-0.25, -0.2) is 0 Å². The molecule has 0 radical (unpaired) electrons. The van der Waals surface area contributed by atoms with Crippen molar-refractivity contribution >= 4 is 10.9 Å². The molecule has 0 bridgehead atoms. The standard InChI is InChI=1S/C11H13N.C8H11NO.C2H6/c1-2-5-9-8-12-11-7-4-3-6-10(9)11;9-6-5-7-1-3-8(10)4-2-7;1-2/h3-4,6-8,12H,2,5H2,1H3;1-4,10H,5-6,9H2;1-2H3. The number of para-hydroxylation sites is 1. The predicted molar refractivity (Wildman–Crippen MR) is 105 cm³/mol. The Bertz CT molecular complexity index is 686. The third-order valence-electron chi connectivity index (χ3n) is 3.56. The van der Waals surface area contributed by atoms with Crippen LogP contribution in [0.1, 0.15) is 38.3 Å². The lowest BCUT2D eigenvalue weighted by molar-refractivity contribution is 0.475. The summed E-state index contributed by atoms with van der Waals surface area (Å²) in [5.74, 6) is 0.306. The van der Waals surface area contributed by atoms with Gasteiger partial charge in [-0.15, -0.1) is 0 Å². The Kier molecular flexibility index (Phi) is 9.32. The minimum Gasteiger partial charge on any atom is -0.508 e. The number of aromatic nitrogens is 1. The molecule has 0 aliphatic heterocycles. The maximum Gasteiger partial charge on any atom is 0.115 e. The van der Waals surface area contributed by atoms with Crippen molar-refractivity contribution in [3.05, 3.63) is 65.9 Å². The molecule has 3 aromatic rings. The van der Waals surface area contributed by atoms with Crippen molar-refractivity contribution < 1.29 is 5.11 Å². The van der Waals surface area contributed by atoms with E-state index in [0.29, 0.717) is 12.3 Å². The summed E-state index contributed by atoms with van der Waals surface area (Å²) in [5.41, 5.74) is 9.19. The second kappa shape index (κ2) is 11.3. The van der Waals surface area contributed by atoms with E-state index in [-0.39, 0.29) is 0 Å². The first-order valence-corrected chi connectivity index (χ1v) is 8.77. The van der Waals surface area contributed by atoms with E-state index in [2.05, 4.69) is 42.4 Å². The van der Waals surface area contributed by atoms with Crippen molar-refractivity contribution in [2.45, 2.75) is 40.0 Å². The van der Waals surface area contributed by atoms with Crippen LogP contribution in [0.4, 0.5) is 0 Å². The second-order valence-corrected chi connectivity index (χ2v) is 5.31. The van der Waals surface area contributed by atoms with Gasteiger partial charge in [-0.2, -0.15) is 0 Å². The molecule has 3 heteroatoms. The Morgan fingerprint density at radius 1 is 0.958 bits per heavy atom. The Balaban J connectivity index is 0.000000221. The molecule has 0 fully saturated rings. The highest BCUT2D eigenvalue weighted by Crippen LogP contribution is 2.18. The van der Waals surface area contributed by atoms with Crippen molar-refractivity contribution in [1.29, 1.82) is 0 Å². The summed E-state index contributed by atoms with van der Waals surface area (Å²) >= 11 is 0. The molecule has 0 aliphatic carbocycles. The van der Waals surface area contributed by atoms with Crippen LogP contribution in [0.15, 0.2) is 54.7 Å². The summed E-state index contributed by atoms with van der Waals surface area (Å²) in [6.45, 7) is 6.87. The van der Waals surface area contributed by atoms with E-state index < -0.39 is 0 Å². The highest BCUT2D eigenvalue weighted by atomic mass is 16.3. The van der Waals surface area contributed by atoms with E-state index in [4.69, 9.17) is 10.8 Å². The van der Waals surface area contributed by atoms with Gasteiger partial charge in [0.2, 0.25) is 0 Å². The average Bonchev–Trinajstić information content (AvgIpc) is 3.03. The number of nitrogens with one attached hydrogen (secondary N) is 1. The fourth-order valence-corrected chi connectivity index (χ4v) is 2.44. The maximum atomic E-state index is 8.89. The van der Waals surface area contributed by atoms with Crippen LogP contribution in [0.25, 0.3) is 10.9 Å². The van der Waals surface area contributed by atoms with Gasteiger partial charge in [-0.1, -0.05) is 57.5 Å². The number of hydrogen-bond acceptors (Lipinski definition) is 2. The van der Waals surface area contributed by atoms with Crippen molar-refractivity contribution in [1.82, 2.24) is 4.98 Å². The van der Waals surface area contributed by atoms with Gasteiger partial charge in [0.15, 0.2) is 0 Å². The minimum atomic E-state index is 0.306. The van der Waals surface area contributed by atoms with Crippen molar-refractivity contribution in [3.8, 4) is 5.75 Å². The first kappa shape index (κ1) is 19.8. The molecule has 24 heavy (non-hydrogen) atoms. The monoisotopic (exact) mass is 326 g/mol. The Labute approximate surface area is 145 Å². The SMILES string of the molecule is CC.CCCc1c[nH]c2ccccc12.NCCc1ccc(O)cc1. The summed E-state index contributed by atoms with van der Waals surface area (Å²) in [5, 5.41) is 10.3. The molecule has 130 valence electrons. The van der Waals surface area contributed by atoms with Crippen LogP contribution in [-0.4, -0.2) is 16.6 Å². The normalized spacial score (nSPS) is 9.67. The molecule has 0 saturated heterocycles. The molecule has 1 aromatic heterocycles. The smallest absolute Gasteiger partial charge is 0.115 e. The number of nitrogens with two attached hydrogens (primary N) is 1. The average molecular weight is 326 g/mol. The molecule has 2 aromatic carbocycles. The van der Waals surface area contributed by atoms with E-state index in [0.717, 1.165) is 6.42 Å². The number of benzene rings is 2. The zero-order valence-electron chi connectivity index (χ0n) is 15.0. The number of phenols is 1. The number of fused-ring (bicyclic) bond motifs is 1. The largest absolute Gasteiger partial charge is 0.508 e. The number of aromatic amines is 1. The zero-order valence-corrected chi connectivity index (χ0v) is 15.0. The van der Waals surface area contributed by atoms with Gasteiger partial charge in [0.25, 0.3) is 0 Å². The third kappa shape index (κ3) is 6.09.